The highest BCUT2D eigenvalue weighted by Crippen LogP contribution is 2.58. The topological polar surface area (TPSA) is 116 Å². The third kappa shape index (κ3) is 3.93. The van der Waals surface area contributed by atoms with E-state index in [9.17, 15) is 19.7 Å². The smallest absolute Gasteiger partial charge is 0.341 e. The molecule has 9 nitrogen and oxygen atoms in total. The summed E-state index contributed by atoms with van der Waals surface area (Å²) in [6.07, 6.45) is 11.4. The number of hydrogen-bond donors (Lipinski definition) is 1. The van der Waals surface area contributed by atoms with Gasteiger partial charge in [-0.05, 0) is 101 Å². The van der Waals surface area contributed by atoms with Crippen LogP contribution in [0.5, 0.6) is 0 Å². The number of anilines is 1. The summed E-state index contributed by atoms with van der Waals surface area (Å²) < 4.78 is 7.23. The summed E-state index contributed by atoms with van der Waals surface area (Å²) in [5.41, 5.74) is 0.619. The fourth-order valence-corrected chi connectivity index (χ4v) is 8.83. The van der Waals surface area contributed by atoms with E-state index in [1.165, 1.54) is 36.8 Å². The van der Waals surface area contributed by atoms with Gasteiger partial charge in [-0.15, -0.1) is 11.3 Å². The third-order valence-electron chi connectivity index (χ3n) is 8.54. The summed E-state index contributed by atoms with van der Waals surface area (Å²) >= 11 is 1.37. The summed E-state index contributed by atoms with van der Waals surface area (Å²) in [6.45, 7) is 3.57. The Hall–Kier alpha value is -2.75. The molecule has 36 heavy (non-hydrogen) atoms. The molecule has 1 amide bonds. The molecule has 4 saturated carbocycles. The van der Waals surface area contributed by atoms with Gasteiger partial charge in [-0.1, -0.05) is 0 Å². The van der Waals surface area contributed by atoms with E-state index >= 15 is 0 Å². The summed E-state index contributed by atoms with van der Waals surface area (Å²) in [6, 6.07) is 0. The minimum absolute atomic E-state index is 0.190. The van der Waals surface area contributed by atoms with Gasteiger partial charge in [0, 0.05) is 4.88 Å². The van der Waals surface area contributed by atoms with E-state index in [0.29, 0.717) is 28.3 Å². The summed E-state index contributed by atoms with van der Waals surface area (Å²) in [5.74, 6) is 0.812. The monoisotopic (exact) mass is 512 g/mol. The van der Waals surface area contributed by atoms with Crippen LogP contribution in [0.25, 0.3) is 0 Å². The number of carbonyl (C=O) groups excluding carboxylic acids is 2. The number of nitro groups is 1. The van der Waals surface area contributed by atoms with Gasteiger partial charge in [0.1, 0.15) is 11.2 Å². The molecule has 2 aromatic rings. The van der Waals surface area contributed by atoms with Crippen LogP contribution in [-0.2, 0) is 23.1 Å². The SMILES string of the molecule is CC(C)OC(=O)c1c(NC(=O)c2nn(C34CC5CC(CC(C5)C3)C4)cc2[N+](=O)[O-])sc2c1CCCC2. The predicted molar refractivity (Wildman–Crippen MR) is 134 cm³/mol. The normalized spacial score (nSPS) is 28.2. The molecule has 0 aliphatic heterocycles. The lowest BCUT2D eigenvalue weighted by atomic mass is 9.53. The van der Waals surface area contributed by atoms with E-state index in [1.54, 1.807) is 18.5 Å². The van der Waals surface area contributed by atoms with Crippen molar-refractivity contribution < 1.29 is 19.2 Å². The number of nitrogens with zero attached hydrogens (tertiary/aromatic N) is 3. The minimum atomic E-state index is -0.651. The van der Waals surface area contributed by atoms with Gasteiger partial charge < -0.3 is 10.1 Å². The Labute approximate surface area is 213 Å². The van der Waals surface area contributed by atoms with Gasteiger partial charge in [0.25, 0.3) is 5.91 Å². The number of amides is 1. The van der Waals surface area contributed by atoms with E-state index in [0.717, 1.165) is 55.4 Å². The number of nitrogens with one attached hydrogen (secondary N) is 1. The zero-order chi connectivity index (χ0) is 25.2. The van der Waals surface area contributed by atoms with Gasteiger partial charge in [0.15, 0.2) is 0 Å². The molecule has 192 valence electrons. The number of thiophene rings is 1. The van der Waals surface area contributed by atoms with E-state index in [1.807, 2.05) is 0 Å². The van der Waals surface area contributed by atoms with Crippen molar-refractivity contribution in [3.05, 3.63) is 38.0 Å². The van der Waals surface area contributed by atoms with Crippen molar-refractivity contribution in [2.75, 3.05) is 5.32 Å². The molecule has 0 aromatic carbocycles. The van der Waals surface area contributed by atoms with Crippen molar-refractivity contribution in [1.82, 2.24) is 9.78 Å². The van der Waals surface area contributed by atoms with Crippen molar-refractivity contribution >= 4 is 33.9 Å². The molecule has 0 unspecified atom stereocenters. The molecule has 5 aliphatic rings. The number of ether oxygens (including phenoxy) is 1. The van der Waals surface area contributed by atoms with Gasteiger partial charge in [-0.2, -0.15) is 5.10 Å². The quantitative estimate of drug-likeness (QED) is 0.311. The predicted octanol–water partition coefficient (Wildman–Crippen LogP) is 5.47. The second-order valence-corrected chi connectivity index (χ2v) is 12.6. The van der Waals surface area contributed by atoms with Gasteiger partial charge in [-0.3, -0.25) is 19.6 Å². The van der Waals surface area contributed by atoms with Gasteiger partial charge >= 0.3 is 11.7 Å². The van der Waals surface area contributed by atoms with Gasteiger partial charge in [0.2, 0.25) is 5.69 Å². The van der Waals surface area contributed by atoms with Gasteiger partial charge in [0.05, 0.1) is 22.1 Å². The van der Waals surface area contributed by atoms with Crippen LogP contribution in [0.1, 0.15) is 96.5 Å². The van der Waals surface area contributed by atoms with E-state index < -0.39 is 16.8 Å². The molecule has 0 atom stereocenters. The Morgan fingerprint density at radius 1 is 1.17 bits per heavy atom. The molecular weight excluding hydrogens is 480 g/mol. The van der Waals surface area contributed by atoms with Crippen LogP contribution in [0.2, 0.25) is 0 Å². The molecule has 0 radical (unpaired) electrons. The van der Waals surface area contributed by atoms with Crippen LogP contribution < -0.4 is 5.32 Å². The first-order valence-electron chi connectivity index (χ1n) is 13.1. The highest BCUT2D eigenvalue weighted by Gasteiger charge is 2.53. The molecule has 5 aliphatic carbocycles. The second-order valence-electron chi connectivity index (χ2n) is 11.5. The van der Waals surface area contributed by atoms with E-state index in [-0.39, 0.29) is 23.0 Å². The molecule has 4 bridgehead atoms. The molecule has 0 spiro atoms. The Balaban J connectivity index is 1.33. The van der Waals surface area contributed by atoms with Crippen molar-refractivity contribution in [3.8, 4) is 0 Å². The maximum absolute atomic E-state index is 13.5. The lowest BCUT2D eigenvalue weighted by Crippen LogP contribution is -2.52. The zero-order valence-corrected chi connectivity index (χ0v) is 21.6. The first-order chi connectivity index (χ1) is 17.2. The number of hydrogen-bond acceptors (Lipinski definition) is 7. The van der Waals surface area contributed by atoms with Crippen LogP contribution in [0.15, 0.2) is 6.20 Å². The largest absolute Gasteiger partial charge is 0.459 e. The Morgan fingerprint density at radius 2 is 1.81 bits per heavy atom. The number of fused-ring (bicyclic) bond motifs is 1. The van der Waals surface area contributed by atoms with Crippen molar-refractivity contribution in [2.24, 2.45) is 17.8 Å². The minimum Gasteiger partial charge on any atom is -0.459 e. The number of aromatic nitrogens is 2. The van der Waals surface area contributed by atoms with Crippen molar-refractivity contribution in [3.63, 3.8) is 0 Å². The molecule has 2 heterocycles. The van der Waals surface area contributed by atoms with Crippen molar-refractivity contribution in [1.29, 1.82) is 0 Å². The molecule has 10 heteroatoms. The summed E-state index contributed by atoms with van der Waals surface area (Å²) in [5, 5.41) is 19.8. The first kappa shape index (κ1) is 23.6. The lowest BCUT2D eigenvalue weighted by Gasteiger charge is -2.56. The van der Waals surface area contributed by atoms with E-state index in [4.69, 9.17) is 4.74 Å². The maximum Gasteiger partial charge on any atom is 0.341 e. The van der Waals surface area contributed by atoms with Crippen LogP contribution in [0.3, 0.4) is 0 Å². The number of esters is 1. The number of aryl methyl sites for hydroxylation is 1. The fourth-order valence-electron chi connectivity index (χ4n) is 7.55. The summed E-state index contributed by atoms with van der Waals surface area (Å²) in [7, 11) is 0. The molecule has 0 saturated heterocycles. The van der Waals surface area contributed by atoms with Crippen LogP contribution in [0, 0.1) is 27.9 Å². The highest BCUT2D eigenvalue weighted by molar-refractivity contribution is 7.17. The summed E-state index contributed by atoms with van der Waals surface area (Å²) in [4.78, 5) is 38.9. The molecule has 4 fully saturated rings. The molecule has 1 N–H and O–H groups in total. The number of carbonyl (C=O) groups is 2. The molecular formula is C26H32N4O5S. The Bertz CT molecular complexity index is 1210. The average molecular weight is 513 g/mol. The molecule has 7 rings (SSSR count). The average Bonchev–Trinajstić information content (AvgIpc) is 3.40. The highest BCUT2D eigenvalue weighted by atomic mass is 32.1. The number of rotatable bonds is 6. The van der Waals surface area contributed by atoms with E-state index in [2.05, 4.69) is 10.4 Å². The van der Waals surface area contributed by atoms with Crippen LogP contribution >= 0.6 is 11.3 Å². The van der Waals surface area contributed by atoms with Crippen molar-refractivity contribution in [2.45, 2.75) is 89.7 Å². The van der Waals surface area contributed by atoms with Crippen LogP contribution in [0.4, 0.5) is 10.7 Å². The first-order valence-corrected chi connectivity index (χ1v) is 14.0. The van der Waals surface area contributed by atoms with Gasteiger partial charge in [-0.25, -0.2) is 4.79 Å². The maximum atomic E-state index is 13.5. The standard InChI is InChI=1S/C26H32N4O5S/c1-14(2)35-25(32)21-18-5-3-4-6-20(18)36-24(21)27-23(31)22-19(30(33)34)13-29(28-22)26-10-15-7-16(11-26)9-17(8-15)12-26/h13-17H,3-12H2,1-2H3,(H,27,31). The third-order valence-corrected chi connectivity index (χ3v) is 9.75. The Morgan fingerprint density at radius 3 is 2.42 bits per heavy atom. The fraction of sp³-hybridized carbons (Fsp3) is 0.654. The lowest BCUT2D eigenvalue weighted by molar-refractivity contribution is -0.385. The zero-order valence-electron chi connectivity index (χ0n) is 20.7. The molecule has 2 aromatic heterocycles. The Kier molecular flexibility index (Phi) is 5.70. The van der Waals surface area contributed by atoms with Crippen LogP contribution in [-0.4, -0.2) is 32.7 Å². The second kappa shape index (κ2) is 8.68.